The molecule has 2 heterocycles. The zero-order valence-electron chi connectivity index (χ0n) is 13.0. The van der Waals surface area contributed by atoms with Crippen molar-refractivity contribution in [1.82, 2.24) is 9.80 Å². The van der Waals surface area contributed by atoms with Crippen molar-refractivity contribution < 1.29 is 5.11 Å². The summed E-state index contributed by atoms with van der Waals surface area (Å²) in [6.45, 7) is 5.69. The van der Waals surface area contributed by atoms with Crippen LogP contribution in [0, 0.1) is 0 Å². The quantitative estimate of drug-likeness (QED) is 0.919. The SMILES string of the molecule is O[C@@H]1CCCN(C2CCN(CCc3ccccc3)CC2)C1. The molecule has 0 saturated carbocycles. The summed E-state index contributed by atoms with van der Waals surface area (Å²) in [6, 6.07) is 11.5. The minimum absolute atomic E-state index is 0.0881. The number of rotatable bonds is 4. The second-order valence-electron chi connectivity index (χ2n) is 6.60. The van der Waals surface area contributed by atoms with Crippen LogP contribution in [0.15, 0.2) is 30.3 Å². The van der Waals surface area contributed by atoms with Crippen LogP contribution in [0.2, 0.25) is 0 Å². The molecule has 2 aliphatic rings. The Balaban J connectivity index is 1.40. The van der Waals surface area contributed by atoms with Crippen molar-refractivity contribution in [3.8, 4) is 0 Å². The highest BCUT2D eigenvalue weighted by atomic mass is 16.3. The first-order chi connectivity index (χ1) is 10.3. The number of benzene rings is 1. The zero-order chi connectivity index (χ0) is 14.5. The highest BCUT2D eigenvalue weighted by Gasteiger charge is 2.27. The van der Waals surface area contributed by atoms with Crippen LogP contribution in [0.5, 0.6) is 0 Å². The number of hydrogen-bond acceptors (Lipinski definition) is 3. The normalized spacial score (nSPS) is 26.0. The molecule has 2 fully saturated rings. The summed E-state index contributed by atoms with van der Waals surface area (Å²) in [5.74, 6) is 0. The predicted octanol–water partition coefficient (Wildman–Crippen LogP) is 2.15. The Bertz CT molecular complexity index is 414. The Morgan fingerprint density at radius 2 is 1.76 bits per heavy atom. The zero-order valence-corrected chi connectivity index (χ0v) is 13.0. The van der Waals surface area contributed by atoms with Gasteiger partial charge in [-0.2, -0.15) is 0 Å². The van der Waals surface area contributed by atoms with Crippen LogP contribution in [-0.4, -0.2) is 59.8 Å². The van der Waals surface area contributed by atoms with Crippen LogP contribution in [-0.2, 0) is 6.42 Å². The monoisotopic (exact) mass is 288 g/mol. The average Bonchev–Trinajstić information content (AvgIpc) is 2.54. The summed E-state index contributed by atoms with van der Waals surface area (Å²) >= 11 is 0. The van der Waals surface area contributed by atoms with E-state index in [2.05, 4.69) is 40.1 Å². The summed E-state index contributed by atoms with van der Waals surface area (Å²) in [5.41, 5.74) is 1.44. The van der Waals surface area contributed by atoms with E-state index in [1.807, 2.05) is 0 Å². The maximum atomic E-state index is 9.82. The van der Waals surface area contributed by atoms with Gasteiger partial charge in [-0.25, -0.2) is 0 Å². The van der Waals surface area contributed by atoms with Gasteiger partial charge in [-0.3, -0.25) is 4.90 Å². The second-order valence-corrected chi connectivity index (χ2v) is 6.60. The van der Waals surface area contributed by atoms with Gasteiger partial charge in [0.2, 0.25) is 0 Å². The summed E-state index contributed by atoms with van der Waals surface area (Å²) in [7, 11) is 0. The Morgan fingerprint density at radius 3 is 2.48 bits per heavy atom. The third-order valence-corrected chi connectivity index (χ3v) is 5.06. The third-order valence-electron chi connectivity index (χ3n) is 5.06. The van der Waals surface area contributed by atoms with E-state index >= 15 is 0 Å². The van der Waals surface area contributed by atoms with Crippen LogP contribution < -0.4 is 0 Å². The number of aliphatic hydroxyl groups excluding tert-OH is 1. The van der Waals surface area contributed by atoms with Crippen molar-refractivity contribution in [3.63, 3.8) is 0 Å². The Hall–Kier alpha value is -0.900. The van der Waals surface area contributed by atoms with Crippen LogP contribution >= 0.6 is 0 Å². The fourth-order valence-corrected chi connectivity index (χ4v) is 3.75. The number of piperidine rings is 2. The van der Waals surface area contributed by atoms with Crippen LogP contribution in [0.3, 0.4) is 0 Å². The molecule has 116 valence electrons. The van der Waals surface area contributed by atoms with Crippen LogP contribution in [0.1, 0.15) is 31.2 Å². The lowest BCUT2D eigenvalue weighted by Crippen LogP contribution is -2.49. The molecule has 3 heteroatoms. The Labute approximate surface area is 128 Å². The van der Waals surface area contributed by atoms with E-state index in [0.29, 0.717) is 6.04 Å². The van der Waals surface area contributed by atoms with Crippen molar-refractivity contribution >= 4 is 0 Å². The molecule has 0 bridgehead atoms. The van der Waals surface area contributed by atoms with E-state index in [4.69, 9.17) is 0 Å². The topological polar surface area (TPSA) is 26.7 Å². The summed E-state index contributed by atoms with van der Waals surface area (Å²) in [5, 5.41) is 9.82. The number of β-amino-alcohol motifs (C(OH)–C–C–N with tert-alkyl or cyclic N) is 1. The van der Waals surface area contributed by atoms with E-state index in [9.17, 15) is 5.11 Å². The molecule has 3 rings (SSSR count). The molecule has 0 aromatic heterocycles. The Morgan fingerprint density at radius 1 is 1.00 bits per heavy atom. The molecule has 3 nitrogen and oxygen atoms in total. The highest BCUT2D eigenvalue weighted by Crippen LogP contribution is 2.21. The molecule has 1 atom stereocenters. The Kier molecular flexibility index (Phi) is 5.28. The lowest BCUT2D eigenvalue weighted by molar-refractivity contribution is 0.0254. The summed E-state index contributed by atoms with van der Waals surface area (Å²) < 4.78 is 0. The second kappa shape index (κ2) is 7.39. The molecule has 21 heavy (non-hydrogen) atoms. The van der Waals surface area contributed by atoms with E-state index in [-0.39, 0.29) is 6.10 Å². The molecular weight excluding hydrogens is 260 g/mol. The molecule has 0 spiro atoms. The third kappa shape index (κ3) is 4.29. The minimum atomic E-state index is -0.0881. The predicted molar refractivity (Wildman–Crippen MR) is 86.4 cm³/mol. The average molecular weight is 288 g/mol. The van der Waals surface area contributed by atoms with Gasteiger partial charge in [0.25, 0.3) is 0 Å². The highest BCUT2D eigenvalue weighted by molar-refractivity contribution is 5.14. The van der Waals surface area contributed by atoms with Gasteiger partial charge in [0.1, 0.15) is 0 Å². The maximum Gasteiger partial charge on any atom is 0.0667 e. The molecule has 1 N–H and O–H groups in total. The summed E-state index contributed by atoms with van der Waals surface area (Å²) in [4.78, 5) is 5.13. The van der Waals surface area contributed by atoms with Crippen LogP contribution in [0.25, 0.3) is 0 Å². The van der Waals surface area contributed by atoms with Gasteiger partial charge >= 0.3 is 0 Å². The number of nitrogens with zero attached hydrogens (tertiary/aromatic N) is 2. The lowest BCUT2D eigenvalue weighted by atomic mass is 9.98. The molecule has 2 aliphatic heterocycles. The molecular formula is C18H28N2O. The van der Waals surface area contributed by atoms with Gasteiger partial charge < -0.3 is 10.0 Å². The smallest absolute Gasteiger partial charge is 0.0667 e. The number of hydrogen-bond donors (Lipinski definition) is 1. The molecule has 1 aromatic rings. The maximum absolute atomic E-state index is 9.82. The van der Waals surface area contributed by atoms with E-state index in [1.54, 1.807) is 0 Å². The first kappa shape index (κ1) is 15.0. The molecule has 0 unspecified atom stereocenters. The van der Waals surface area contributed by atoms with E-state index in [0.717, 1.165) is 25.8 Å². The van der Waals surface area contributed by atoms with Gasteiger partial charge in [0.05, 0.1) is 6.10 Å². The summed E-state index contributed by atoms with van der Waals surface area (Å²) in [6.07, 6.45) is 5.76. The first-order valence-electron chi connectivity index (χ1n) is 8.49. The molecule has 1 aromatic carbocycles. The molecule has 0 amide bonds. The number of likely N-dealkylation sites (tertiary alicyclic amines) is 2. The van der Waals surface area contributed by atoms with E-state index < -0.39 is 0 Å². The van der Waals surface area contributed by atoms with Crippen molar-refractivity contribution in [1.29, 1.82) is 0 Å². The fraction of sp³-hybridized carbons (Fsp3) is 0.667. The van der Waals surface area contributed by atoms with Crippen molar-refractivity contribution in [2.75, 3.05) is 32.7 Å². The largest absolute Gasteiger partial charge is 0.392 e. The van der Waals surface area contributed by atoms with Gasteiger partial charge in [-0.1, -0.05) is 30.3 Å². The van der Waals surface area contributed by atoms with Gasteiger partial charge in [0.15, 0.2) is 0 Å². The molecule has 0 aliphatic carbocycles. The van der Waals surface area contributed by atoms with Crippen molar-refractivity contribution in [2.24, 2.45) is 0 Å². The van der Waals surface area contributed by atoms with Crippen LogP contribution in [0.4, 0.5) is 0 Å². The van der Waals surface area contributed by atoms with Gasteiger partial charge in [-0.15, -0.1) is 0 Å². The number of aliphatic hydroxyl groups is 1. The molecule has 2 saturated heterocycles. The molecule has 0 radical (unpaired) electrons. The first-order valence-corrected chi connectivity index (χ1v) is 8.49. The van der Waals surface area contributed by atoms with Crippen molar-refractivity contribution in [2.45, 2.75) is 44.2 Å². The van der Waals surface area contributed by atoms with Gasteiger partial charge in [0, 0.05) is 19.1 Å². The standard InChI is InChI=1S/C18H28N2O/c21-18-7-4-11-20(15-18)17-9-13-19(14-10-17)12-8-16-5-2-1-3-6-16/h1-3,5-6,17-18,21H,4,7-15H2/t18-/m1/s1. The minimum Gasteiger partial charge on any atom is -0.392 e. The van der Waals surface area contributed by atoms with Gasteiger partial charge in [-0.05, 0) is 57.3 Å². The lowest BCUT2D eigenvalue weighted by Gasteiger charge is -2.41. The van der Waals surface area contributed by atoms with Crippen molar-refractivity contribution in [3.05, 3.63) is 35.9 Å². The van der Waals surface area contributed by atoms with E-state index in [1.165, 1.54) is 44.6 Å². The fourth-order valence-electron chi connectivity index (χ4n) is 3.75.